The van der Waals surface area contributed by atoms with E-state index in [1.54, 1.807) is 12.4 Å². The number of aromatic nitrogens is 2. The highest BCUT2D eigenvalue weighted by molar-refractivity contribution is 5.28. The molecule has 19 heavy (non-hydrogen) atoms. The van der Waals surface area contributed by atoms with Gasteiger partial charge in [-0.3, -0.25) is 0 Å². The van der Waals surface area contributed by atoms with Gasteiger partial charge in [-0.05, 0) is 19.1 Å². The van der Waals surface area contributed by atoms with Gasteiger partial charge in [0.2, 0.25) is 0 Å². The summed E-state index contributed by atoms with van der Waals surface area (Å²) < 4.78 is 15.9. The van der Waals surface area contributed by atoms with Gasteiger partial charge in [-0.1, -0.05) is 17.7 Å². The average Bonchev–Trinajstić information content (AvgIpc) is 2.96. The number of nitrogens with zero attached hydrogens (tertiary/aromatic N) is 2. The number of rotatable bonds is 3. The number of hydrogen-bond donors (Lipinski definition) is 0. The quantitative estimate of drug-likeness (QED) is 0.844. The van der Waals surface area contributed by atoms with Gasteiger partial charge in [0.15, 0.2) is 0 Å². The molecule has 0 amide bonds. The van der Waals surface area contributed by atoms with Crippen LogP contribution < -0.4 is 4.74 Å². The molecule has 2 aromatic rings. The molecule has 0 radical (unpaired) electrons. The Morgan fingerprint density at radius 3 is 2.26 bits per heavy atom. The van der Waals surface area contributed by atoms with Crippen molar-refractivity contribution in [2.75, 3.05) is 0 Å². The fourth-order valence-corrected chi connectivity index (χ4v) is 1.61. The molecule has 0 spiro atoms. The topological polar surface area (TPSA) is 53.5 Å². The highest BCUT2D eigenvalue weighted by Gasteiger charge is 2.16. The van der Waals surface area contributed by atoms with Crippen LogP contribution in [-0.4, -0.2) is 9.97 Å². The minimum Gasteiger partial charge on any atom is -0.455 e. The minimum absolute atomic E-state index is 0.290. The standard InChI is InChI=1S/C14H12N2O3/c1-10-2-4-12(5-3-10)19-14-15-8-11(9-16-14)13-17-6-7-18-13/h2-9,13H,1H3. The number of hydrogen-bond acceptors (Lipinski definition) is 5. The summed E-state index contributed by atoms with van der Waals surface area (Å²) in [5, 5.41) is 0. The van der Waals surface area contributed by atoms with E-state index in [-0.39, 0.29) is 0 Å². The van der Waals surface area contributed by atoms with Crippen molar-refractivity contribution in [2.24, 2.45) is 0 Å². The Morgan fingerprint density at radius 2 is 1.63 bits per heavy atom. The fourth-order valence-electron chi connectivity index (χ4n) is 1.61. The molecule has 5 heteroatoms. The maximum Gasteiger partial charge on any atom is 0.321 e. The monoisotopic (exact) mass is 256 g/mol. The molecular weight excluding hydrogens is 244 g/mol. The zero-order valence-corrected chi connectivity index (χ0v) is 10.3. The Labute approximate surface area is 110 Å². The predicted octanol–water partition coefficient (Wildman–Crippen LogP) is 3.09. The van der Waals surface area contributed by atoms with Crippen molar-refractivity contribution < 1.29 is 14.2 Å². The van der Waals surface area contributed by atoms with Gasteiger partial charge in [-0.2, -0.15) is 0 Å². The smallest absolute Gasteiger partial charge is 0.321 e. The predicted molar refractivity (Wildman–Crippen MR) is 67.3 cm³/mol. The molecule has 0 saturated heterocycles. The third-order valence-corrected chi connectivity index (χ3v) is 2.61. The van der Waals surface area contributed by atoms with Crippen LogP contribution in [0, 0.1) is 6.92 Å². The first-order valence-corrected chi connectivity index (χ1v) is 5.84. The average molecular weight is 256 g/mol. The molecule has 0 atom stereocenters. The van der Waals surface area contributed by atoms with Crippen LogP contribution in [0.2, 0.25) is 0 Å². The van der Waals surface area contributed by atoms with E-state index < -0.39 is 6.29 Å². The van der Waals surface area contributed by atoms with Crippen molar-refractivity contribution in [1.29, 1.82) is 0 Å². The van der Waals surface area contributed by atoms with Gasteiger partial charge in [-0.15, -0.1) is 0 Å². The van der Waals surface area contributed by atoms with Gasteiger partial charge in [-0.25, -0.2) is 9.97 Å². The Balaban J connectivity index is 1.70. The second-order valence-corrected chi connectivity index (χ2v) is 4.09. The van der Waals surface area contributed by atoms with E-state index in [2.05, 4.69) is 9.97 Å². The molecule has 96 valence electrons. The Morgan fingerprint density at radius 1 is 1.00 bits per heavy atom. The molecule has 5 nitrogen and oxygen atoms in total. The first-order valence-electron chi connectivity index (χ1n) is 5.84. The van der Waals surface area contributed by atoms with E-state index in [1.165, 1.54) is 18.1 Å². The minimum atomic E-state index is -0.464. The van der Waals surface area contributed by atoms with Gasteiger partial charge in [0.25, 0.3) is 6.29 Å². The summed E-state index contributed by atoms with van der Waals surface area (Å²) >= 11 is 0. The van der Waals surface area contributed by atoms with E-state index in [4.69, 9.17) is 14.2 Å². The first-order chi connectivity index (χ1) is 9.31. The van der Waals surface area contributed by atoms with E-state index >= 15 is 0 Å². The van der Waals surface area contributed by atoms with Crippen LogP contribution in [0.1, 0.15) is 17.4 Å². The molecule has 3 rings (SSSR count). The zero-order chi connectivity index (χ0) is 13.1. The lowest BCUT2D eigenvalue weighted by molar-refractivity contribution is -0.0251. The van der Waals surface area contributed by atoms with Gasteiger partial charge in [0.1, 0.15) is 18.3 Å². The van der Waals surface area contributed by atoms with Crippen molar-refractivity contribution in [1.82, 2.24) is 9.97 Å². The summed E-state index contributed by atoms with van der Waals surface area (Å²) in [6.07, 6.45) is 5.75. The van der Waals surface area contributed by atoms with Crippen LogP contribution in [-0.2, 0) is 9.47 Å². The fraction of sp³-hybridized carbons (Fsp3) is 0.143. The van der Waals surface area contributed by atoms with Gasteiger partial charge in [0.05, 0.1) is 5.56 Å². The van der Waals surface area contributed by atoms with Crippen LogP contribution >= 0.6 is 0 Å². The van der Waals surface area contributed by atoms with Crippen molar-refractivity contribution >= 4 is 0 Å². The van der Waals surface area contributed by atoms with Crippen molar-refractivity contribution in [3.63, 3.8) is 0 Å². The third kappa shape index (κ3) is 2.65. The lowest BCUT2D eigenvalue weighted by Gasteiger charge is -2.09. The van der Waals surface area contributed by atoms with Crippen molar-refractivity contribution in [3.05, 3.63) is 60.3 Å². The van der Waals surface area contributed by atoms with Gasteiger partial charge in [0, 0.05) is 12.4 Å². The largest absolute Gasteiger partial charge is 0.455 e. The van der Waals surface area contributed by atoms with E-state index in [0.29, 0.717) is 11.8 Å². The molecule has 0 aliphatic carbocycles. The SMILES string of the molecule is Cc1ccc(Oc2ncc(C3OC=CO3)cn2)cc1. The molecular formula is C14H12N2O3. The molecule has 1 aromatic heterocycles. The van der Waals surface area contributed by atoms with Crippen LogP contribution in [0.5, 0.6) is 11.8 Å². The van der Waals surface area contributed by atoms with Crippen LogP contribution in [0.15, 0.2) is 49.2 Å². The molecule has 1 aliphatic heterocycles. The van der Waals surface area contributed by atoms with Gasteiger partial charge >= 0.3 is 6.01 Å². The summed E-state index contributed by atoms with van der Waals surface area (Å²) in [6.45, 7) is 2.02. The molecule has 0 unspecified atom stereocenters. The van der Waals surface area contributed by atoms with Crippen molar-refractivity contribution in [3.8, 4) is 11.8 Å². The summed E-state index contributed by atoms with van der Waals surface area (Å²) in [4.78, 5) is 8.24. The molecule has 0 saturated carbocycles. The number of aryl methyl sites for hydroxylation is 1. The molecule has 1 aliphatic rings. The molecule has 0 bridgehead atoms. The zero-order valence-electron chi connectivity index (χ0n) is 10.3. The lowest BCUT2D eigenvalue weighted by Crippen LogP contribution is -2.00. The van der Waals surface area contributed by atoms with E-state index in [0.717, 1.165) is 5.56 Å². The molecule has 0 N–H and O–H groups in total. The third-order valence-electron chi connectivity index (χ3n) is 2.61. The highest BCUT2D eigenvalue weighted by Crippen LogP contribution is 2.24. The first kappa shape index (κ1) is 11.5. The van der Waals surface area contributed by atoms with E-state index in [9.17, 15) is 0 Å². The second kappa shape index (κ2) is 4.97. The maximum atomic E-state index is 5.53. The van der Waals surface area contributed by atoms with E-state index in [1.807, 2.05) is 31.2 Å². The van der Waals surface area contributed by atoms with Gasteiger partial charge < -0.3 is 14.2 Å². The van der Waals surface area contributed by atoms with Crippen LogP contribution in [0.3, 0.4) is 0 Å². The summed E-state index contributed by atoms with van der Waals surface area (Å²) in [5.41, 5.74) is 1.91. The van der Waals surface area contributed by atoms with Crippen molar-refractivity contribution in [2.45, 2.75) is 13.2 Å². The maximum absolute atomic E-state index is 5.53. The van der Waals surface area contributed by atoms with Crippen LogP contribution in [0.25, 0.3) is 0 Å². The Hall–Kier alpha value is -2.56. The second-order valence-electron chi connectivity index (χ2n) is 4.09. The number of benzene rings is 1. The normalized spacial score (nSPS) is 13.9. The summed E-state index contributed by atoms with van der Waals surface area (Å²) in [5.74, 6) is 0.702. The Bertz CT molecular complexity index is 571. The highest BCUT2D eigenvalue weighted by atomic mass is 16.7. The number of ether oxygens (including phenoxy) is 3. The summed E-state index contributed by atoms with van der Waals surface area (Å²) in [7, 11) is 0. The summed E-state index contributed by atoms with van der Waals surface area (Å²) in [6, 6.07) is 7.98. The van der Waals surface area contributed by atoms with Crippen LogP contribution in [0.4, 0.5) is 0 Å². The Kier molecular flexibility index (Phi) is 3.02. The molecule has 0 fully saturated rings. The lowest BCUT2D eigenvalue weighted by atomic mass is 10.2. The molecule has 2 heterocycles. The molecule has 1 aromatic carbocycles.